The highest BCUT2D eigenvalue weighted by molar-refractivity contribution is 5.90. The summed E-state index contributed by atoms with van der Waals surface area (Å²) in [6.45, 7) is 5.49. The van der Waals surface area contributed by atoms with Gasteiger partial charge >= 0.3 is 0 Å². The molecule has 0 bridgehead atoms. The van der Waals surface area contributed by atoms with Gasteiger partial charge in [0.2, 0.25) is 0 Å². The molecule has 3 heteroatoms. The summed E-state index contributed by atoms with van der Waals surface area (Å²) < 4.78 is 0. The van der Waals surface area contributed by atoms with Gasteiger partial charge in [-0.3, -0.25) is 5.10 Å². The molecule has 2 aromatic rings. The van der Waals surface area contributed by atoms with Gasteiger partial charge in [-0.05, 0) is 24.5 Å². The Morgan fingerprint density at radius 1 is 1.40 bits per heavy atom. The summed E-state index contributed by atoms with van der Waals surface area (Å²) in [5, 5.41) is 11.6. The van der Waals surface area contributed by atoms with Crippen molar-refractivity contribution in [3.63, 3.8) is 0 Å². The Balaban J connectivity index is 2.10. The summed E-state index contributed by atoms with van der Waals surface area (Å²) in [6, 6.07) is 6.17. The first-order chi connectivity index (χ1) is 7.27. The number of aromatic amines is 1. The maximum atomic E-state index is 4.04. The van der Waals surface area contributed by atoms with Crippen molar-refractivity contribution >= 4 is 16.6 Å². The number of nitrogens with one attached hydrogen (secondary N) is 2. The Bertz CT molecular complexity index is 431. The average molecular weight is 203 g/mol. The maximum Gasteiger partial charge on any atom is 0.0671 e. The number of benzene rings is 1. The van der Waals surface area contributed by atoms with Gasteiger partial charge < -0.3 is 5.32 Å². The second-order valence-electron chi connectivity index (χ2n) is 4.25. The van der Waals surface area contributed by atoms with Crippen LogP contribution in [0.15, 0.2) is 24.4 Å². The van der Waals surface area contributed by atoms with Gasteiger partial charge in [0.25, 0.3) is 0 Å². The number of rotatable bonds is 4. The van der Waals surface area contributed by atoms with Crippen molar-refractivity contribution in [2.45, 2.75) is 20.3 Å². The Morgan fingerprint density at radius 2 is 2.27 bits per heavy atom. The van der Waals surface area contributed by atoms with Gasteiger partial charge in [0.15, 0.2) is 0 Å². The van der Waals surface area contributed by atoms with E-state index < -0.39 is 0 Å². The molecule has 1 heterocycles. The van der Waals surface area contributed by atoms with Crippen LogP contribution in [0.1, 0.15) is 20.3 Å². The minimum Gasteiger partial charge on any atom is -0.384 e. The van der Waals surface area contributed by atoms with Crippen molar-refractivity contribution in [1.29, 1.82) is 0 Å². The molecule has 0 spiro atoms. The average Bonchev–Trinajstić information content (AvgIpc) is 2.65. The van der Waals surface area contributed by atoms with E-state index in [0.29, 0.717) is 0 Å². The van der Waals surface area contributed by atoms with Crippen LogP contribution in [-0.2, 0) is 0 Å². The fourth-order valence-corrected chi connectivity index (χ4v) is 1.62. The highest BCUT2D eigenvalue weighted by Crippen LogP contribution is 2.20. The Labute approximate surface area is 89.9 Å². The van der Waals surface area contributed by atoms with Crippen molar-refractivity contribution in [2.75, 3.05) is 11.9 Å². The molecule has 0 unspecified atom stereocenters. The van der Waals surface area contributed by atoms with Gasteiger partial charge in [0.05, 0.1) is 11.7 Å². The monoisotopic (exact) mass is 203 g/mol. The molecule has 0 aliphatic carbocycles. The quantitative estimate of drug-likeness (QED) is 0.802. The number of H-pyrrole nitrogens is 1. The molecule has 0 aliphatic heterocycles. The van der Waals surface area contributed by atoms with E-state index in [4.69, 9.17) is 0 Å². The minimum atomic E-state index is 0.737. The number of nitrogens with zero attached hydrogens (tertiary/aromatic N) is 1. The summed E-state index contributed by atoms with van der Waals surface area (Å²) in [4.78, 5) is 0. The van der Waals surface area contributed by atoms with E-state index in [0.717, 1.165) is 18.0 Å². The minimum absolute atomic E-state index is 0.737. The lowest BCUT2D eigenvalue weighted by molar-refractivity contribution is 0.607. The van der Waals surface area contributed by atoms with Crippen molar-refractivity contribution in [3.05, 3.63) is 24.4 Å². The van der Waals surface area contributed by atoms with Crippen LogP contribution in [0.2, 0.25) is 0 Å². The van der Waals surface area contributed by atoms with E-state index in [1.54, 1.807) is 0 Å². The van der Waals surface area contributed by atoms with Gasteiger partial charge in [0, 0.05) is 17.6 Å². The van der Waals surface area contributed by atoms with Crippen LogP contribution < -0.4 is 5.32 Å². The zero-order valence-corrected chi connectivity index (χ0v) is 9.25. The molecule has 0 fully saturated rings. The second-order valence-corrected chi connectivity index (χ2v) is 4.25. The molecular formula is C12H17N3. The first kappa shape index (κ1) is 10.0. The van der Waals surface area contributed by atoms with E-state index in [1.165, 1.54) is 17.5 Å². The van der Waals surface area contributed by atoms with Crippen LogP contribution in [0.25, 0.3) is 10.9 Å². The largest absolute Gasteiger partial charge is 0.384 e. The van der Waals surface area contributed by atoms with Crippen LogP contribution in [0, 0.1) is 5.92 Å². The maximum absolute atomic E-state index is 4.04. The molecule has 0 saturated heterocycles. The van der Waals surface area contributed by atoms with E-state index >= 15 is 0 Å². The number of aromatic nitrogens is 2. The third-order valence-corrected chi connectivity index (χ3v) is 2.52. The summed E-state index contributed by atoms with van der Waals surface area (Å²) in [7, 11) is 0. The Morgan fingerprint density at radius 3 is 3.07 bits per heavy atom. The standard InChI is InChI=1S/C12H17N3/c1-9(2)6-7-13-11-4-3-5-12-10(11)8-14-15-12/h3-5,8-9,13H,6-7H2,1-2H3,(H,14,15). The van der Waals surface area contributed by atoms with Gasteiger partial charge in [-0.2, -0.15) is 5.10 Å². The van der Waals surface area contributed by atoms with E-state index in [2.05, 4.69) is 35.4 Å². The van der Waals surface area contributed by atoms with Gasteiger partial charge in [0.1, 0.15) is 0 Å². The summed E-state index contributed by atoms with van der Waals surface area (Å²) >= 11 is 0. The molecule has 2 rings (SSSR count). The van der Waals surface area contributed by atoms with Crippen molar-refractivity contribution in [2.24, 2.45) is 5.92 Å². The second kappa shape index (κ2) is 4.34. The highest BCUT2D eigenvalue weighted by atomic mass is 15.1. The SMILES string of the molecule is CC(C)CCNc1cccc2[nH]ncc12. The first-order valence-corrected chi connectivity index (χ1v) is 5.43. The third kappa shape index (κ3) is 2.29. The molecule has 1 aromatic heterocycles. The van der Waals surface area contributed by atoms with Crippen molar-refractivity contribution in [3.8, 4) is 0 Å². The Kier molecular flexibility index (Phi) is 2.90. The number of anilines is 1. The number of hydrogen-bond donors (Lipinski definition) is 2. The van der Waals surface area contributed by atoms with Crippen molar-refractivity contribution in [1.82, 2.24) is 10.2 Å². The van der Waals surface area contributed by atoms with Crippen molar-refractivity contribution < 1.29 is 0 Å². The highest BCUT2D eigenvalue weighted by Gasteiger charge is 2.01. The number of hydrogen-bond acceptors (Lipinski definition) is 2. The molecule has 80 valence electrons. The molecule has 1 aromatic carbocycles. The molecule has 3 nitrogen and oxygen atoms in total. The zero-order chi connectivity index (χ0) is 10.7. The number of fused-ring (bicyclic) bond motifs is 1. The fraction of sp³-hybridized carbons (Fsp3) is 0.417. The van der Waals surface area contributed by atoms with Crippen LogP contribution >= 0.6 is 0 Å². The lowest BCUT2D eigenvalue weighted by Crippen LogP contribution is -2.04. The molecule has 15 heavy (non-hydrogen) atoms. The predicted molar refractivity (Wildman–Crippen MR) is 64.0 cm³/mol. The van der Waals surface area contributed by atoms with Gasteiger partial charge in [-0.1, -0.05) is 19.9 Å². The molecule has 0 saturated carbocycles. The lowest BCUT2D eigenvalue weighted by Gasteiger charge is -2.08. The van der Waals surface area contributed by atoms with E-state index in [9.17, 15) is 0 Å². The molecule has 0 radical (unpaired) electrons. The predicted octanol–water partition coefficient (Wildman–Crippen LogP) is 3.02. The zero-order valence-electron chi connectivity index (χ0n) is 9.25. The Hall–Kier alpha value is -1.51. The smallest absolute Gasteiger partial charge is 0.0671 e. The molecule has 0 amide bonds. The molecule has 0 atom stereocenters. The fourth-order valence-electron chi connectivity index (χ4n) is 1.62. The normalized spacial score (nSPS) is 11.1. The summed E-state index contributed by atoms with van der Waals surface area (Å²) in [6.07, 6.45) is 3.06. The topological polar surface area (TPSA) is 40.7 Å². The molecule has 0 aliphatic rings. The van der Waals surface area contributed by atoms with E-state index in [-0.39, 0.29) is 0 Å². The molecule has 2 N–H and O–H groups in total. The molecular weight excluding hydrogens is 186 g/mol. The van der Waals surface area contributed by atoms with Crippen LogP contribution in [0.5, 0.6) is 0 Å². The van der Waals surface area contributed by atoms with Gasteiger partial charge in [-0.25, -0.2) is 0 Å². The van der Waals surface area contributed by atoms with Gasteiger partial charge in [-0.15, -0.1) is 0 Å². The lowest BCUT2D eigenvalue weighted by atomic mass is 10.1. The van der Waals surface area contributed by atoms with Crippen LogP contribution in [0.3, 0.4) is 0 Å². The third-order valence-electron chi connectivity index (χ3n) is 2.52. The summed E-state index contributed by atoms with van der Waals surface area (Å²) in [5.74, 6) is 0.737. The summed E-state index contributed by atoms with van der Waals surface area (Å²) in [5.41, 5.74) is 2.26. The first-order valence-electron chi connectivity index (χ1n) is 5.43. The van der Waals surface area contributed by atoms with Crippen LogP contribution in [0.4, 0.5) is 5.69 Å². The van der Waals surface area contributed by atoms with Crippen LogP contribution in [-0.4, -0.2) is 16.7 Å². The van der Waals surface area contributed by atoms with E-state index in [1.807, 2.05) is 18.3 Å².